The lowest BCUT2D eigenvalue weighted by atomic mass is 10.1. The summed E-state index contributed by atoms with van der Waals surface area (Å²) >= 11 is 0. The van der Waals surface area contributed by atoms with Crippen LogP contribution in [0, 0.1) is 6.92 Å². The van der Waals surface area contributed by atoms with Gasteiger partial charge in [-0.15, -0.1) is 0 Å². The first-order valence-electron chi connectivity index (χ1n) is 8.47. The van der Waals surface area contributed by atoms with Gasteiger partial charge in [-0.1, -0.05) is 35.9 Å². The average Bonchev–Trinajstić information content (AvgIpc) is 3.11. The topological polar surface area (TPSA) is 75.3 Å². The van der Waals surface area contributed by atoms with E-state index in [1.54, 1.807) is 4.52 Å². The summed E-state index contributed by atoms with van der Waals surface area (Å²) in [5.41, 5.74) is 5.19. The van der Waals surface area contributed by atoms with Crippen molar-refractivity contribution in [2.75, 3.05) is 11.9 Å². The summed E-state index contributed by atoms with van der Waals surface area (Å²) in [6.45, 7) is 2.22. The van der Waals surface area contributed by atoms with E-state index < -0.39 is 0 Å². The van der Waals surface area contributed by atoms with Crippen molar-refractivity contribution in [3.8, 4) is 11.3 Å². The van der Waals surface area contributed by atoms with Crippen LogP contribution in [0.15, 0.2) is 60.9 Å². The van der Waals surface area contributed by atoms with Crippen LogP contribution in [0.25, 0.3) is 17.0 Å². The van der Waals surface area contributed by atoms with Crippen LogP contribution < -0.4 is 5.32 Å². The third kappa shape index (κ3) is 3.27. The number of nitrogens with zero attached hydrogens (tertiary/aromatic N) is 4. The highest BCUT2D eigenvalue weighted by Gasteiger charge is 2.10. The Hall–Kier alpha value is -3.25. The van der Waals surface area contributed by atoms with Gasteiger partial charge in [-0.3, -0.25) is 0 Å². The zero-order chi connectivity index (χ0) is 17.9. The van der Waals surface area contributed by atoms with Gasteiger partial charge in [0.2, 0.25) is 0 Å². The third-order valence-corrected chi connectivity index (χ3v) is 4.19. The van der Waals surface area contributed by atoms with Crippen LogP contribution in [0.4, 0.5) is 11.5 Å². The molecule has 0 saturated heterocycles. The van der Waals surface area contributed by atoms with Gasteiger partial charge in [-0.25, -0.2) is 0 Å². The van der Waals surface area contributed by atoms with Gasteiger partial charge in [-0.05, 0) is 37.1 Å². The SMILES string of the molecule is Cc1cccc(-c2cc(Nc3ccc(CCO)cc3)nc3ncnn23)c1. The zero-order valence-corrected chi connectivity index (χ0v) is 14.4. The Labute approximate surface area is 151 Å². The second kappa shape index (κ2) is 6.93. The van der Waals surface area contributed by atoms with Crippen LogP contribution in [-0.4, -0.2) is 31.3 Å². The largest absolute Gasteiger partial charge is 0.396 e. The fraction of sp³-hybridized carbons (Fsp3) is 0.150. The first-order chi connectivity index (χ1) is 12.7. The minimum Gasteiger partial charge on any atom is -0.396 e. The molecule has 130 valence electrons. The number of benzene rings is 2. The van der Waals surface area contributed by atoms with Gasteiger partial charge in [0.05, 0.1) is 5.69 Å². The smallest absolute Gasteiger partial charge is 0.254 e. The standard InChI is InChI=1S/C20H19N5O/c1-14-3-2-4-16(11-14)18-12-19(24-20-21-13-22-25(18)20)23-17-7-5-15(6-8-17)9-10-26/h2-8,11-13,26H,9-10H2,1H3,(H,21,22,23,24). The van der Waals surface area contributed by atoms with Crippen LogP contribution in [0.5, 0.6) is 0 Å². The molecule has 0 aliphatic heterocycles. The third-order valence-electron chi connectivity index (χ3n) is 4.19. The quantitative estimate of drug-likeness (QED) is 0.580. The van der Waals surface area contributed by atoms with Gasteiger partial charge < -0.3 is 10.4 Å². The highest BCUT2D eigenvalue weighted by molar-refractivity contribution is 5.68. The number of aliphatic hydroxyl groups is 1. The minimum absolute atomic E-state index is 0.151. The molecule has 2 N–H and O–H groups in total. The first-order valence-corrected chi connectivity index (χ1v) is 8.47. The van der Waals surface area contributed by atoms with Crippen LogP contribution in [0.2, 0.25) is 0 Å². The summed E-state index contributed by atoms with van der Waals surface area (Å²) in [7, 11) is 0. The summed E-state index contributed by atoms with van der Waals surface area (Å²) in [6, 6.07) is 18.2. The van der Waals surface area contributed by atoms with E-state index in [0.29, 0.717) is 18.0 Å². The van der Waals surface area contributed by atoms with Crippen molar-refractivity contribution >= 4 is 17.3 Å². The maximum atomic E-state index is 9.02. The molecule has 0 spiro atoms. The first kappa shape index (κ1) is 16.2. The van der Waals surface area contributed by atoms with Crippen molar-refractivity contribution in [2.45, 2.75) is 13.3 Å². The minimum atomic E-state index is 0.151. The number of fused-ring (bicyclic) bond motifs is 1. The number of rotatable bonds is 5. The second-order valence-corrected chi connectivity index (χ2v) is 6.16. The van der Waals surface area contributed by atoms with Gasteiger partial charge in [0.25, 0.3) is 5.78 Å². The molecule has 0 fully saturated rings. The van der Waals surface area contributed by atoms with Gasteiger partial charge in [0, 0.05) is 23.9 Å². The molecule has 0 radical (unpaired) electrons. The van der Waals surface area contributed by atoms with Gasteiger partial charge in [0.1, 0.15) is 12.1 Å². The summed E-state index contributed by atoms with van der Waals surface area (Å²) in [4.78, 5) is 8.78. The van der Waals surface area contributed by atoms with Crippen molar-refractivity contribution < 1.29 is 5.11 Å². The van der Waals surface area contributed by atoms with E-state index in [1.165, 1.54) is 11.9 Å². The highest BCUT2D eigenvalue weighted by atomic mass is 16.2. The Morgan fingerprint density at radius 1 is 1.08 bits per heavy atom. The average molecular weight is 345 g/mol. The molecule has 2 aromatic heterocycles. The summed E-state index contributed by atoms with van der Waals surface area (Å²) in [5.74, 6) is 1.25. The molecule has 0 saturated carbocycles. The van der Waals surface area contributed by atoms with Crippen molar-refractivity contribution in [1.82, 2.24) is 19.6 Å². The predicted octanol–water partition coefficient (Wildman–Crippen LogP) is 3.38. The van der Waals surface area contributed by atoms with Crippen LogP contribution in [-0.2, 0) is 6.42 Å². The fourth-order valence-corrected chi connectivity index (χ4v) is 2.92. The van der Waals surface area contributed by atoms with E-state index in [9.17, 15) is 0 Å². The number of aliphatic hydroxyl groups excluding tert-OH is 1. The normalized spacial score (nSPS) is 11.0. The number of aromatic nitrogens is 4. The maximum absolute atomic E-state index is 9.02. The monoisotopic (exact) mass is 345 g/mol. The molecule has 0 aliphatic carbocycles. The molecule has 0 bridgehead atoms. The number of nitrogens with one attached hydrogen (secondary N) is 1. The molecule has 4 rings (SSSR count). The molecule has 6 heteroatoms. The molecule has 2 aromatic carbocycles. The number of hydrogen-bond acceptors (Lipinski definition) is 5. The summed E-state index contributed by atoms with van der Waals surface area (Å²) in [6.07, 6.45) is 2.16. The Morgan fingerprint density at radius 2 is 1.92 bits per heavy atom. The summed E-state index contributed by atoms with van der Waals surface area (Å²) in [5, 5.41) is 16.6. The van der Waals surface area contributed by atoms with E-state index in [-0.39, 0.29) is 6.61 Å². The van der Waals surface area contributed by atoms with Crippen LogP contribution in [0.3, 0.4) is 0 Å². The predicted molar refractivity (Wildman–Crippen MR) is 101 cm³/mol. The Morgan fingerprint density at radius 3 is 2.69 bits per heavy atom. The molecule has 26 heavy (non-hydrogen) atoms. The Bertz CT molecular complexity index is 1040. The van der Waals surface area contributed by atoms with Crippen molar-refractivity contribution in [3.05, 3.63) is 72.1 Å². The van der Waals surface area contributed by atoms with Crippen molar-refractivity contribution in [3.63, 3.8) is 0 Å². The van der Waals surface area contributed by atoms with Crippen LogP contribution >= 0.6 is 0 Å². The van der Waals surface area contributed by atoms with Gasteiger partial charge in [0.15, 0.2) is 0 Å². The lowest BCUT2D eigenvalue weighted by Crippen LogP contribution is -2.01. The van der Waals surface area contributed by atoms with Crippen molar-refractivity contribution in [1.29, 1.82) is 0 Å². The van der Waals surface area contributed by atoms with Gasteiger partial charge >= 0.3 is 0 Å². The van der Waals surface area contributed by atoms with E-state index in [2.05, 4.69) is 45.5 Å². The molecule has 0 aliphatic rings. The van der Waals surface area contributed by atoms with E-state index in [0.717, 1.165) is 22.5 Å². The lowest BCUT2D eigenvalue weighted by molar-refractivity contribution is 0.299. The second-order valence-electron chi connectivity index (χ2n) is 6.16. The molecule has 0 amide bonds. The number of aryl methyl sites for hydroxylation is 1. The fourth-order valence-electron chi connectivity index (χ4n) is 2.92. The molecular formula is C20H19N5O. The van der Waals surface area contributed by atoms with Crippen LogP contribution in [0.1, 0.15) is 11.1 Å². The summed E-state index contributed by atoms with van der Waals surface area (Å²) < 4.78 is 1.74. The maximum Gasteiger partial charge on any atom is 0.254 e. The lowest BCUT2D eigenvalue weighted by Gasteiger charge is -2.10. The molecular weight excluding hydrogens is 326 g/mol. The molecule has 6 nitrogen and oxygen atoms in total. The Balaban J connectivity index is 1.72. The molecule has 4 aromatic rings. The van der Waals surface area contributed by atoms with Crippen molar-refractivity contribution in [2.24, 2.45) is 0 Å². The number of hydrogen-bond donors (Lipinski definition) is 2. The molecule has 0 atom stereocenters. The van der Waals surface area contributed by atoms with E-state index in [1.807, 2.05) is 36.4 Å². The number of anilines is 2. The molecule has 0 unspecified atom stereocenters. The zero-order valence-electron chi connectivity index (χ0n) is 14.4. The van der Waals surface area contributed by atoms with E-state index >= 15 is 0 Å². The molecule has 2 heterocycles. The van der Waals surface area contributed by atoms with Gasteiger partial charge in [-0.2, -0.15) is 19.6 Å². The highest BCUT2D eigenvalue weighted by Crippen LogP contribution is 2.25. The Kier molecular flexibility index (Phi) is 4.33. The van der Waals surface area contributed by atoms with E-state index in [4.69, 9.17) is 5.11 Å².